The molecule has 1 heterocycles. The minimum absolute atomic E-state index is 0.0472. The maximum absolute atomic E-state index is 12.7. The number of nitrogens with zero attached hydrogens (tertiary/aromatic N) is 1. The van der Waals surface area contributed by atoms with E-state index in [1.54, 1.807) is 29.2 Å². The molecule has 6 heteroatoms. The first-order valence-electron chi connectivity index (χ1n) is 9.18. The van der Waals surface area contributed by atoms with Crippen molar-refractivity contribution in [3.05, 3.63) is 64.7 Å². The Morgan fingerprint density at radius 1 is 1.19 bits per heavy atom. The van der Waals surface area contributed by atoms with Gasteiger partial charge in [0.05, 0.1) is 10.6 Å². The highest BCUT2D eigenvalue weighted by atomic mass is 32.2. The molecular formula is C21H26N2O3S. The van der Waals surface area contributed by atoms with Crippen molar-refractivity contribution in [2.24, 2.45) is 0 Å². The number of sulfone groups is 1. The van der Waals surface area contributed by atoms with Crippen LogP contribution in [0.1, 0.15) is 29.2 Å². The Kier molecular flexibility index (Phi) is 5.56. The van der Waals surface area contributed by atoms with Gasteiger partial charge in [-0.25, -0.2) is 13.2 Å². The first-order chi connectivity index (χ1) is 12.8. The fourth-order valence-electron chi connectivity index (χ4n) is 3.49. The fourth-order valence-corrected chi connectivity index (χ4v) is 4.99. The standard InChI is InChI=1S/C21H26N2O3S/c1-15-8-9-18(16(2)12-15)13-17(3)22-21(24)23-10-11-27(25,26)20-7-5-4-6-19(20)14-23/h4-9,12,17H,10-11,13-14H2,1-3H3,(H,22,24). The minimum atomic E-state index is -3.35. The maximum atomic E-state index is 12.7. The molecule has 0 spiro atoms. The second-order valence-corrected chi connectivity index (χ2v) is 9.41. The average molecular weight is 387 g/mol. The Bertz CT molecular complexity index is 954. The van der Waals surface area contributed by atoms with Gasteiger partial charge in [-0.3, -0.25) is 0 Å². The van der Waals surface area contributed by atoms with Crippen molar-refractivity contribution in [3.8, 4) is 0 Å². The molecule has 1 aliphatic heterocycles. The summed E-state index contributed by atoms with van der Waals surface area (Å²) in [5.74, 6) is -0.0527. The molecule has 3 rings (SSSR count). The predicted molar refractivity (Wildman–Crippen MR) is 107 cm³/mol. The van der Waals surface area contributed by atoms with E-state index in [9.17, 15) is 13.2 Å². The highest BCUT2D eigenvalue weighted by molar-refractivity contribution is 7.91. The number of benzene rings is 2. The number of carbonyl (C=O) groups excluding carboxylic acids is 1. The Morgan fingerprint density at radius 3 is 2.67 bits per heavy atom. The van der Waals surface area contributed by atoms with Crippen LogP contribution in [-0.4, -0.2) is 37.7 Å². The summed E-state index contributed by atoms with van der Waals surface area (Å²) in [7, 11) is -3.35. The van der Waals surface area contributed by atoms with Crippen molar-refractivity contribution in [1.29, 1.82) is 0 Å². The quantitative estimate of drug-likeness (QED) is 0.881. The maximum Gasteiger partial charge on any atom is 0.317 e. The molecule has 2 amide bonds. The van der Waals surface area contributed by atoms with Gasteiger partial charge in [-0.05, 0) is 49.9 Å². The highest BCUT2D eigenvalue weighted by Gasteiger charge is 2.27. The van der Waals surface area contributed by atoms with Crippen LogP contribution >= 0.6 is 0 Å². The summed E-state index contributed by atoms with van der Waals surface area (Å²) in [6.07, 6.45) is 0.737. The Balaban J connectivity index is 1.69. The molecule has 1 aliphatic rings. The van der Waals surface area contributed by atoms with Crippen molar-refractivity contribution >= 4 is 15.9 Å². The van der Waals surface area contributed by atoms with Crippen molar-refractivity contribution in [1.82, 2.24) is 10.2 Å². The SMILES string of the molecule is Cc1ccc(CC(C)NC(=O)N2CCS(=O)(=O)c3ccccc3C2)c(C)c1. The molecule has 144 valence electrons. The molecule has 0 saturated heterocycles. The van der Waals surface area contributed by atoms with Gasteiger partial charge in [0.25, 0.3) is 0 Å². The second kappa shape index (κ2) is 7.72. The van der Waals surface area contributed by atoms with Crippen LogP contribution in [0.2, 0.25) is 0 Å². The summed E-state index contributed by atoms with van der Waals surface area (Å²) >= 11 is 0. The zero-order valence-corrected chi connectivity index (χ0v) is 16.8. The molecule has 1 N–H and O–H groups in total. The van der Waals surface area contributed by atoms with E-state index < -0.39 is 9.84 Å². The van der Waals surface area contributed by atoms with Crippen LogP contribution in [0.15, 0.2) is 47.4 Å². The van der Waals surface area contributed by atoms with Crippen molar-refractivity contribution in [3.63, 3.8) is 0 Å². The number of hydrogen-bond acceptors (Lipinski definition) is 3. The number of fused-ring (bicyclic) bond motifs is 1. The lowest BCUT2D eigenvalue weighted by Gasteiger charge is -2.24. The van der Waals surface area contributed by atoms with Crippen molar-refractivity contribution in [2.75, 3.05) is 12.3 Å². The van der Waals surface area contributed by atoms with Crippen LogP contribution in [0.3, 0.4) is 0 Å². The predicted octanol–water partition coefficient (Wildman–Crippen LogP) is 3.23. The minimum Gasteiger partial charge on any atom is -0.335 e. The second-order valence-electron chi connectivity index (χ2n) is 7.33. The fraction of sp³-hybridized carbons (Fsp3) is 0.381. The number of amides is 2. The van der Waals surface area contributed by atoms with Gasteiger partial charge in [0.15, 0.2) is 9.84 Å². The lowest BCUT2D eigenvalue weighted by molar-refractivity contribution is 0.195. The third kappa shape index (κ3) is 4.50. The number of hydrogen-bond donors (Lipinski definition) is 1. The molecule has 27 heavy (non-hydrogen) atoms. The molecule has 0 saturated carbocycles. The Labute approximate surface area is 161 Å². The van der Waals surface area contributed by atoms with Crippen LogP contribution in [-0.2, 0) is 22.8 Å². The van der Waals surface area contributed by atoms with Gasteiger partial charge in [-0.2, -0.15) is 0 Å². The van der Waals surface area contributed by atoms with Gasteiger partial charge < -0.3 is 10.2 Å². The molecule has 0 bridgehead atoms. The van der Waals surface area contributed by atoms with E-state index in [1.807, 2.05) is 6.92 Å². The van der Waals surface area contributed by atoms with Crippen LogP contribution in [0.5, 0.6) is 0 Å². The van der Waals surface area contributed by atoms with Crippen LogP contribution in [0.25, 0.3) is 0 Å². The van der Waals surface area contributed by atoms with Crippen LogP contribution < -0.4 is 5.32 Å². The summed E-state index contributed by atoms with van der Waals surface area (Å²) in [6, 6.07) is 13.0. The summed E-state index contributed by atoms with van der Waals surface area (Å²) in [5, 5.41) is 3.02. The molecule has 0 aromatic heterocycles. The van der Waals surface area contributed by atoms with E-state index in [1.165, 1.54) is 16.7 Å². The lowest BCUT2D eigenvalue weighted by atomic mass is 10.00. The Hall–Kier alpha value is -2.34. The third-order valence-electron chi connectivity index (χ3n) is 4.98. The van der Waals surface area contributed by atoms with Gasteiger partial charge >= 0.3 is 6.03 Å². The third-order valence-corrected chi connectivity index (χ3v) is 6.77. The summed E-state index contributed by atoms with van der Waals surface area (Å²) in [6.45, 7) is 6.61. The first kappa shape index (κ1) is 19.4. The van der Waals surface area contributed by atoms with Gasteiger partial charge in [0, 0.05) is 19.1 Å². The van der Waals surface area contributed by atoms with Gasteiger partial charge in [-0.15, -0.1) is 0 Å². The number of nitrogens with one attached hydrogen (secondary N) is 1. The van der Waals surface area contributed by atoms with Crippen molar-refractivity contribution < 1.29 is 13.2 Å². The molecule has 1 atom stereocenters. The molecule has 2 aromatic rings. The molecule has 1 unspecified atom stereocenters. The Morgan fingerprint density at radius 2 is 1.93 bits per heavy atom. The van der Waals surface area contributed by atoms with E-state index in [2.05, 4.69) is 37.4 Å². The topological polar surface area (TPSA) is 66.5 Å². The molecule has 0 aliphatic carbocycles. The van der Waals surface area contributed by atoms with Gasteiger partial charge in [0.1, 0.15) is 0 Å². The van der Waals surface area contributed by atoms with E-state index in [-0.39, 0.29) is 24.4 Å². The number of carbonyl (C=O) groups is 1. The largest absolute Gasteiger partial charge is 0.335 e. The lowest BCUT2D eigenvalue weighted by Crippen LogP contribution is -2.45. The summed E-state index contributed by atoms with van der Waals surface area (Å²) < 4.78 is 24.9. The highest BCUT2D eigenvalue weighted by Crippen LogP contribution is 2.22. The number of urea groups is 1. The normalized spacial score (nSPS) is 16.9. The summed E-state index contributed by atoms with van der Waals surface area (Å²) in [5.41, 5.74) is 4.31. The molecule has 0 fully saturated rings. The smallest absolute Gasteiger partial charge is 0.317 e. The first-order valence-corrected chi connectivity index (χ1v) is 10.8. The molecule has 2 aromatic carbocycles. The monoisotopic (exact) mass is 386 g/mol. The summed E-state index contributed by atoms with van der Waals surface area (Å²) in [4.78, 5) is 14.7. The van der Waals surface area contributed by atoms with Gasteiger partial charge in [0.2, 0.25) is 0 Å². The average Bonchev–Trinajstić information content (AvgIpc) is 2.74. The molecular weight excluding hydrogens is 360 g/mol. The number of aryl methyl sites for hydroxylation is 2. The number of rotatable bonds is 3. The van der Waals surface area contributed by atoms with Crippen LogP contribution in [0, 0.1) is 13.8 Å². The molecule has 5 nitrogen and oxygen atoms in total. The molecule has 0 radical (unpaired) electrons. The van der Waals surface area contributed by atoms with Crippen molar-refractivity contribution in [2.45, 2.75) is 44.7 Å². The zero-order chi connectivity index (χ0) is 19.6. The van der Waals surface area contributed by atoms with E-state index in [4.69, 9.17) is 0 Å². The zero-order valence-electron chi connectivity index (χ0n) is 16.0. The van der Waals surface area contributed by atoms with E-state index in [0.29, 0.717) is 17.0 Å². The van der Waals surface area contributed by atoms with E-state index >= 15 is 0 Å². The van der Waals surface area contributed by atoms with E-state index in [0.717, 1.165) is 6.42 Å². The van der Waals surface area contributed by atoms with Gasteiger partial charge in [-0.1, -0.05) is 42.0 Å². The van der Waals surface area contributed by atoms with Crippen LogP contribution in [0.4, 0.5) is 4.79 Å².